The number of nitrogens with zero attached hydrogens (tertiary/aromatic N) is 1. The van der Waals surface area contributed by atoms with Gasteiger partial charge in [-0.2, -0.15) is 0 Å². The number of carboxylic acid groups (broad SMARTS) is 1. The zero-order valence-electron chi connectivity index (χ0n) is 6.88. The van der Waals surface area contributed by atoms with E-state index in [1.807, 2.05) is 5.75 Å². The fraction of sp³-hybridized carbons (Fsp3) is 0.667. The molecule has 0 rings (SSSR count). The van der Waals surface area contributed by atoms with Gasteiger partial charge in [0, 0.05) is 0 Å². The Bertz CT molecular complexity index is 263. The molecule has 0 heterocycles. The first-order valence-electron chi connectivity index (χ1n) is 3.62. The maximum atomic E-state index is 10.5. The normalized spacial score (nSPS) is 12.2. The molecule has 13 heavy (non-hydrogen) atoms. The van der Waals surface area contributed by atoms with Gasteiger partial charge in [0.1, 0.15) is 0 Å². The van der Waals surface area contributed by atoms with E-state index in [9.17, 15) is 9.36 Å². The fourth-order valence-corrected chi connectivity index (χ4v) is 0.996. The molecular weight excluding hydrogens is 195 g/mol. The van der Waals surface area contributed by atoms with Gasteiger partial charge in [0.15, 0.2) is 0 Å². The van der Waals surface area contributed by atoms with Crippen molar-refractivity contribution in [2.75, 3.05) is 6.54 Å². The SMILES string of the molecule is NCCC[C@@H](C(=O)O)N(O)C#P=O. The number of nitrogens with two attached hydrogens (primary N) is 1. The van der Waals surface area contributed by atoms with E-state index in [0.717, 1.165) is 0 Å². The third-order valence-corrected chi connectivity index (χ3v) is 1.69. The molecule has 0 saturated heterocycles. The van der Waals surface area contributed by atoms with Crippen LogP contribution in [0.3, 0.4) is 0 Å². The standard InChI is InChI=1S/C6H11N2O4P/c7-3-1-2-5(6(9)10)8(11)4-13-12/h5,11H,1-3,7H2,(H,9,10)/t5-/m0/s1. The summed E-state index contributed by atoms with van der Waals surface area (Å²) in [6, 6.07) is -1.13. The number of rotatable bonds is 5. The number of hydrogen-bond acceptors (Lipinski definition) is 5. The second-order valence-corrected chi connectivity index (χ2v) is 2.70. The van der Waals surface area contributed by atoms with Crippen LogP contribution in [-0.2, 0) is 9.36 Å². The number of hydroxylamine groups is 2. The Morgan fingerprint density at radius 2 is 2.31 bits per heavy atom. The molecule has 0 spiro atoms. The molecule has 0 radical (unpaired) electrons. The number of hydrogen-bond donors (Lipinski definition) is 3. The van der Waals surface area contributed by atoms with Crippen LogP contribution in [0.25, 0.3) is 0 Å². The van der Waals surface area contributed by atoms with Crippen molar-refractivity contribution in [1.29, 1.82) is 0 Å². The summed E-state index contributed by atoms with van der Waals surface area (Å²) in [7, 11) is -0.560. The number of carboxylic acids is 1. The van der Waals surface area contributed by atoms with Gasteiger partial charge in [0.05, 0.1) is 0 Å². The second kappa shape index (κ2) is 6.83. The van der Waals surface area contributed by atoms with Crippen LogP contribution in [0.15, 0.2) is 0 Å². The molecule has 0 aromatic heterocycles. The quantitative estimate of drug-likeness (QED) is 0.334. The monoisotopic (exact) mass is 206 g/mol. The Kier molecular flexibility index (Phi) is 6.49. The average Bonchev–Trinajstić information content (AvgIpc) is 2.05. The van der Waals surface area contributed by atoms with E-state index in [-0.39, 0.29) is 6.42 Å². The fourth-order valence-electron chi connectivity index (χ4n) is 0.773. The van der Waals surface area contributed by atoms with Crippen molar-refractivity contribution in [3.05, 3.63) is 0 Å². The van der Waals surface area contributed by atoms with Crippen LogP contribution in [0.2, 0.25) is 0 Å². The van der Waals surface area contributed by atoms with Crippen LogP contribution in [0, 0.1) is 5.75 Å². The summed E-state index contributed by atoms with van der Waals surface area (Å²) in [4.78, 5) is 10.5. The zero-order valence-corrected chi connectivity index (χ0v) is 7.78. The van der Waals surface area contributed by atoms with Gasteiger partial charge in [0.25, 0.3) is 0 Å². The van der Waals surface area contributed by atoms with Crippen LogP contribution < -0.4 is 5.73 Å². The molecule has 0 aliphatic carbocycles. The van der Waals surface area contributed by atoms with Crippen molar-refractivity contribution < 1.29 is 19.7 Å². The molecule has 74 valence electrons. The summed E-state index contributed by atoms with van der Waals surface area (Å²) in [5.41, 5.74) is 5.17. The van der Waals surface area contributed by atoms with E-state index >= 15 is 0 Å². The van der Waals surface area contributed by atoms with Gasteiger partial charge >= 0.3 is 75.5 Å². The van der Waals surface area contributed by atoms with Gasteiger partial charge in [-0.05, 0) is 0 Å². The minimum atomic E-state index is -1.20. The van der Waals surface area contributed by atoms with Crippen molar-refractivity contribution in [3.63, 3.8) is 0 Å². The second-order valence-electron chi connectivity index (χ2n) is 2.32. The zero-order chi connectivity index (χ0) is 10.3. The maximum absolute atomic E-state index is 10.5. The minimum absolute atomic E-state index is 0.185. The van der Waals surface area contributed by atoms with E-state index in [2.05, 4.69) is 0 Å². The van der Waals surface area contributed by atoms with Crippen LogP contribution in [0.1, 0.15) is 12.8 Å². The molecule has 6 nitrogen and oxygen atoms in total. The van der Waals surface area contributed by atoms with Crippen molar-refractivity contribution in [3.8, 4) is 5.75 Å². The van der Waals surface area contributed by atoms with Crippen LogP contribution in [-0.4, -0.2) is 33.9 Å². The molecule has 0 bridgehead atoms. The molecule has 1 atom stereocenters. The van der Waals surface area contributed by atoms with Crippen LogP contribution in [0.5, 0.6) is 0 Å². The van der Waals surface area contributed by atoms with E-state index in [4.69, 9.17) is 16.0 Å². The molecule has 7 heteroatoms. The topological polar surface area (TPSA) is 104 Å². The van der Waals surface area contributed by atoms with Gasteiger partial charge in [-0.1, -0.05) is 0 Å². The Morgan fingerprint density at radius 3 is 2.69 bits per heavy atom. The molecule has 0 aliphatic heterocycles. The van der Waals surface area contributed by atoms with Crippen molar-refractivity contribution in [2.24, 2.45) is 5.73 Å². The molecule has 4 N–H and O–H groups in total. The first-order valence-corrected chi connectivity index (χ1v) is 4.43. The molecule has 0 unspecified atom stereocenters. The molecule has 0 aliphatic rings. The summed E-state index contributed by atoms with van der Waals surface area (Å²) in [6.07, 6.45) is 0.649. The molecule has 0 saturated carbocycles. The van der Waals surface area contributed by atoms with Crippen LogP contribution >= 0.6 is 7.92 Å². The van der Waals surface area contributed by atoms with Gasteiger partial charge in [-0.3, -0.25) is 0 Å². The van der Waals surface area contributed by atoms with E-state index in [0.29, 0.717) is 18.0 Å². The number of carbonyl (C=O) groups is 1. The molecule has 0 aromatic rings. The molecule has 0 fully saturated rings. The summed E-state index contributed by atoms with van der Waals surface area (Å²) >= 11 is 0. The van der Waals surface area contributed by atoms with Crippen LogP contribution in [0.4, 0.5) is 0 Å². The Balaban J connectivity index is 4.29. The average molecular weight is 206 g/mol. The Hall–Kier alpha value is -0.640. The summed E-state index contributed by atoms with van der Waals surface area (Å²) in [5.74, 6) is 0.718. The first kappa shape index (κ1) is 12.4. The predicted octanol–water partition coefficient (Wildman–Crippen LogP) is 0.0781. The number of aliphatic carboxylic acids is 1. The summed E-state index contributed by atoms with van der Waals surface area (Å²) in [5, 5.41) is 17.9. The molecular formula is C6H11N2O4P. The third kappa shape index (κ3) is 4.83. The van der Waals surface area contributed by atoms with Gasteiger partial charge in [0.2, 0.25) is 0 Å². The van der Waals surface area contributed by atoms with Gasteiger partial charge in [-0.25, -0.2) is 0 Å². The van der Waals surface area contributed by atoms with E-state index < -0.39 is 19.9 Å². The van der Waals surface area contributed by atoms with Gasteiger partial charge in [-0.15, -0.1) is 0 Å². The summed E-state index contributed by atoms with van der Waals surface area (Å²) in [6.45, 7) is 0.340. The van der Waals surface area contributed by atoms with Gasteiger partial charge < -0.3 is 0 Å². The van der Waals surface area contributed by atoms with E-state index in [1.165, 1.54) is 0 Å². The predicted molar refractivity (Wildman–Crippen MR) is 44.8 cm³/mol. The third-order valence-electron chi connectivity index (χ3n) is 1.41. The molecule has 0 amide bonds. The Labute approximate surface area is 76.4 Å². The van der Waals surface area contributed by atoms with Crippen molar-refractivity contribution in [1.82, 2.24) is 5.06 Å². The van der Waals surface area contributed by atoms with Crippen molar-refractivity contribution in [2.45, 2.75) is 18.9 Å². The van der Waals surface area contributed by atoms with Crippen molar-refractivity contribution >= 4 is 13.9 Å². The first-order chi connectivity index (χ1) is 6.13. The molecule has 0 aromatic carbocycles. The van der Waals surface area contributed by atoms with E-state index in [1.54, 1.807) is 0 Å². The summed E-state index contributed by atoms with van der Waals surface area (Å²) < 4.78 is 9.98. The Morgan fingerprint density at radius 1 is 1.69 bits per heavy atom.